The smallest absolute Gasteiger partial charge is 0.0188 e. The van der Waals surface area contributed by atoms with Crippen LogP contribution in [0, 0.1) is 0 Å². The van der Waals surface area contributed by atoms with Crippen LogP contribution in [0.1, 0.15) is 33.4 Å². The monoisotopic (exact) mass is 402 g/mol. The van der Waals surface area contributed by atoms with E-state index in [0.29, 0.717) is 0 Å². The average Bonchev–Trinajstić information content (AvgIpc) is 2.75. The van der Waals surface area contributed by atoms with Gasteiger partial charge in [0.2, 0.25) is 0 Å². The van der Waals surface area contributed by atoms with Crippen molar-refractivity contribution in [3.8, 4) is 0 Å². The van der Waals surface area contributed by atoms with Crippen molar-refractivity contribution in [2.75, 3.05) is 0 Å². The fourth-order valence-corrected chi connectivity index (χ4v) is 4.77. The van der Waals surface area contributed by atoms with Gasteiger partial charge in [0.1, 0.15) is 0 Å². The summed E-state index contributed by atoms with van der Waals surface area (Å²) in [6.07, 6.45) is 3.77. The zero-order chi connectivity index (χ0) is 19.6. The van der Waals surface area contributed by atoms with Crippen LogP contribution in [0.15, 0.2) is 86.0 Å². The molecule has 0 spiro atoms. The van der Waals surface area contributed by atoms with E-state index in [9.17, 15) is 0 Å². The van der Waals surface area contributed by atoms with Gasteiger partial charge in [-0.2, -0.15) is 23.5 Å². The average molecular weight is 403 g/mol. The van der Waals surface area contributed by atoms with Gasteiger partial charge >= 0.3 is 0 Å². The maximum Gasteiger partial charge on any atom is 0.0188 e. The molecule has 0 saturated carbocycles. The first-order chi connectivity index (χ1) is 13.8. The van der Waals surface area contributed by atoms with E-state index in [1.165, 1.54) is 33.4 Å². The van der Waals surface area contributed by atoms with Crippen molar-refractivity contribution < 1.29 is 0 Å². The first-order valence-corrected chi connectivity index (χ1v) is 11.7. The lowest BCUT2D eigenvalue weighted by Crippen LogP contribution is -1.88. The van der Waals surface area contributed by atoms with E-state index in [4.69, 9.17) is 0 Å². The summed E-state index contributed by atoms with van der Waals surface area (Å²) in [5, 5.41) is 0. The topological polar surface area (TPSA) is 0 Å². The molecular formula is C26H26S2. The molecule has 0 heterocycles. The zero-order valence-corrected chi connectivity index (χ0v) is 17.8. The minimum Gasteiger partial charge on any atom is -0.152 e. The van der Waals surface area contributed by atoms with E-state index < -0.39 is 0 Å². The molecule has 0 atom stereocenters. The highest BCUT2D eigenvalue weighted by Crippen LogP contribution is 2.22. The lowest BCUT2D eigenvalue weighted by molar-refractivity contribution is 1.31. The van der Waals surface area contributed by atoms with Crippen LogP contribution >= 0.6 is 23.5 Å². The third-order valence-electron chi connectivity index (χ3n) is 4.50. The molecule has 0 aromatic heterocycles. The van der Waals surface area contributed by atoms with E-state index in [2.05, 4.69) is 86.0 Å². The van der Waals surface area contributed by atoms with Gasteiger partial charge in [-0.05, 0) is 33.4 Å². The highest BCUT2D eigenvalue weighted by atomic mass is 32.2. The standard InChI is InChI=1S/C26H26S2/c1-3-21-8-12-23(13-9-21)17-27-19-25-6-5-7-26(16-25)20-28-18-24-14-10-22(4-2)11-15-24/h3-16H,1-2,17-20H2. The molecule has 0 N–H and O–H groups in total. The summed E-state index contributed by atoms with van der Waals surface area (Å²) >= 11 is 3.93. The lowest BCUT2D eigenvalue weighted by Gasteiger charge is -2.07. The van der Waals surface area contributed by atoms with Crippen molar-refractivity contribution in [1.29, 1.82) is 0 Å². The molecular weight excluding hydrogens is 376 g/mol. The molecule has 0 saturated heterocycles. The molecule has 0 aliphatic rings. The molecule has 0 aliphatic heterocycles. The molecule has 0 radical (unpaired) electrons. The minimum absolute atomic E-state index is 1.04. The Kier molecular flexibility index (Phi) is 8.07. The third-order valence-corrected chi connectivity index (χ3v) is 6.65. The zero-order valence-electron chi connectivity index (χ0n) is 16.1. The maximum absolute atomic E-state index is 3.81. The van der Waals surface area contributed by atoms with Crippen LogP contribution in [0.5, 0.6) is 0 Å². The van der Waals surface area contributed by atoms with Gasteiger partial charge in [-0.25, -0.2) is 0 Å². The van der Waals surface area contributed by atoms with E-state index >= 15 is 0 Å². The quantitative estimate of drug-likeness (QED) is 0.339. The van der Waals surface area contributed by atoms with Crippen LogP contribution < -0.4 is 0 Å². The highest BCUT2D eigenvalue weighted by molar-refractivity contribution is 7.98. The SMILES string of the molecule is C=Cc1ccc(CSCc2cccc(CSCc3ccc(C=C)cc3)c2)cc1. The number of thioether (sulfide) groups is 2. The Morgan fingerprint density at radius 1 is 0.536 bits per heavy atom. The van der Waals surface area contributed by atoms with Crippen LogP contribution in [-0.2, 0) is 23.0 Å². The van der Waals surface area contributed by atoms with Crippen LogP contribution in [0.4, 0.5) is 0 Å². The fourth-order valence-electron chi connectivity index (χ4n) is 2.88. The fraction of sp³-hybridized carbons (Fsp3) is 0.154. The third kappa shape index (κ3) is 6.47. The molecule has 0 bridgehead atoms. The molecule has 28 heavy (non-hydrogen) atoms. The minimum atomic E-state index is 1.04. The number of benzene rings is 3. The van der Waals surface area contributed by atoms with Crippen molar-refractivity contribution in [2.24, 2.45) is 0 Å². The van der Waals surface area contributed by atoms with Gasteiger partial charge < -0.3 is 0 Å². The lowest BCUT2D eigenvalue weighted by atomic mass is 10.1. The van der Waals surface area contributed by atoms with Gasteiger partial charge in [0.05, 0.1) is 0 Å². The van der Waals surface area contributed by atoms with Crippen LogP contribution in [0.2, 0.25) is 0 Å². The molecule has 0 unspecified atom stereocenters. The maximum atomic E-state index is 3.81. The molecule has 3 rings (SSSR count). The summed E-state index contributed by atoms with van der Waals surface area (Å²) in [4.78, 5) is 0. The van der Waals surface area contributed by atoms with Gasteiger partial charge in [0.15, 0.2) is 0 Å². The predicted molar refractivity (Wildman–Crippen MR) is 130 cm³/mol. The Balaban J connectivity index is 1.44. The van der Waals surface area contributed by atoms with Crippen molar-refractivity contribution in [3.05, 3.63) is 119 Å². The Bertz CT molecular complexity index is 820. The Morgan fingerprint density at radius 2 is 0.929 bits per heavy atom. The van der Waals surface area contributed by atoms with Crippen molar-refractivity contribution in [3.63, 3.8) is 0 Å². The Morgan fingerprint density at radius 3 is 1.32 bits per heavy atom. The summed E-state index contributed by atoms with van der Waals surface area (Å²) in [7, 11) is 0. The van der Waals surface area contributed by atoms with E-state index in [-0.39, 0.29) is 0 Å². The number of hydrogen-bond acceptors (Lipinski definition) is 2. The van der Waals surface area contributed by atoms with Crippen molar-refractivity contribution >= 4 is 35.7 Å². The molecule has 0 amide bonds. The van der Waals surface area contributed by atoms with Gasteiger partial charge in [0.25, 0.3) is 0 Å². The summed E-state index contributed by atoms with van der Waals surface area (Å²) in [5.74, 6) is 4.17. The summed E-state index contributed by atoms with van der Waals surface area (Å²) in [6.45, 7) is 7.61. The Hall–Kier alpha value is -2.16. The second-order valence-electron chi connectivity index (χ2n) is 6.70. The van der Waals surface area contributed by atoms with Crippen LogP contribution in [-0.4, -0.2) is 0 Å². The van der Waals surface area contributed by atoms with Crippen molar-refractivity contribution in [1.82, 2.24) is 0 Å². The second kappa shape index (κ2) is 11.0. The Labute approximate surface area is 177 Å². The molecule has 0 fully saturated rings. The second-order valence-corrected chi connectivity index (χ2v) is 8.67. The normalized spacial score (nSPS) is 10.6. The first-order valence-electron chi connectivity index (χ1n) is 9.43. The predicted octanol–water partition coefficient (Wildman–Crippen LogP) is 7.84. The summed E-state index contributed by atoms with van der Waals surface area (Å²) < 4.78 is 0. The molecule has 3 aromatic carbocycles. The van der Waals surface area contributed by atoms with Gasteiger partial charge in [-0.1, -0.05) is 98.1 Å². The van der Waals surface area contributed by atoms with Gasteiger partial charge in [-0.3, -0.25) is 0 Å². The van der Waals surface area contributed by atoms with E-state index in [1.807, 2.05) is 35.7 Å². The molecule has 0 nitrogen and oxygen atoms in total. The molecule has 142 valence electrons. The number of hydrogen-bond donors (Lipinski definition) is 0. The van der Waals surface area contributed by atoms with Crippen LogP contribution in [0.3, 0.4) is 0 Å². The summed E-state index contributed by atoms with van der Waals surface area (Å²) in [5.41, 5.74) is 7.89. The van der Waals surface area contributed by atoms with Crippen molar-refractivity contribution in [2.45, 2.75) is 23.0 Å². The first kappa shape index (κ1) is 20.6. The number of rotatable bonds is 10. The van der Waals surface area contributed by atoms with Crippen LogP contribution in [0.25, 0.3) is 12.2 Å². The van der Waals surface area contributed by atoms with Gasteiger partial charge in [-0.15, -0.1) is 0 Å². The molecule has 3 aromatic rings. The van der Waals surface area contributed by atoms with Gasteiger partial charge in [0, 0.05) is 23.0 Å². The molecule has 2 heteroatoms. The largest absolute Gasteiger partial charge is 0.152 e. The molecule has 0 aliphatic carbocycles. The van der Waals surface area contributed by atoms with E-state index in [0.717, 1.165) is 23.0 Å². The highest BCUT2D eigenvalue weighted by Gasteiger charge is 2.00. The van der Waals surface area contributed by atoms with E-state index in [1.54, 1.807) is 0 Å². The summed E-state index contributed by atoms with van der Waals surface area (Å²) in [6, 6.07) is 26.3.